The SMILES string of the molecule is COc1ccc(CN2CCCC(C)C2)cc1-c1cccc(Cl)c1. The van der Waals surface area contributed by atoms with Crippen LogP contribution in [-0.4, -0.2) is 25.1 Å². The normalized spacial score (nSPS) is 18.8. The summed E-state index contributed by atoms with van der Waals surface area (Å²) in [4.78, 5) is 2.55. The quantitative estimate of drug-likeness (QED) is 0.759. The van der Waals surface area contributed by atoms with Crippen molar-refractivity contribution in [3.63, 3.8) is 0 Å². The number of nitrogens with zero attached hydrogens (tertiary/aromatic N) is 1. The third-order valence-electron chi connectivity index (χ3n) is 4.55. The zero-order valence-electron chi connectivity index (χ0n) is 13.9. The van der Waals surface area contributed by atoms with Gasteiger partial charge >= 0.3 is 0 Å². The van der Waals surface area contributed by atoms with Crippen molar-refractivity contribution in [2.45, 2.75) is 26.3 Å². The van der Waals surface area contributed by atoms with Crippen LogP contribution in [0.4, 0.5) is 0 Å². The number of methoxy groups -OCH3 is 1. The predicted octanol–water partition coefficient (Wildman–Crippen LogP) is 5.25. The third kappa shape index (κ3) is 4.07. The Morgan fingerprint density at radius 2 is 2.09 bits per heavy atom. The summed E-state index contributed by atoms with van der Waals surface area (Å²) in [6.45, 7) is 5.74. The van der Waals surface area contributed by atoms with Gasteiger partial charge in [-0.2, -0.15) is 0 Å². The second kappa shape index (κ2) is 7.37. The molecule has 0 radical (unpaired) electrons. The van der Waals surface area contributed by atoms with Crippen LogP contribution >= 0.6 is 11.6 Å². The number of piperidine rings is 1. The maximum atomic E-state index is 6.15. The standard InChI is InChI=1S/C20H24ClNO/c1-15-5-4-10-22(13-15)14-16-8-9-20(23-2)19(11-16)17-6-3-7-18(21)12-17/h3,6-9,11-12,15H,4-5,10,13-14H2,1-2H3. The zero-order valence-corrected chi connectivity index (χ0v) is 14.6. The largest absolute Gasteiger partial charge is 0.496 e. The molecule has 1 aliphatic rings. The van der Waals surface area contributed by atoms with Crippen LogP contribution < -0.4 is 4.74 Å². The Morgan fingerprint density at radius 3 is 2.83 bits per heavy atom. The van der Waals surface area contributed by atoms with Gasteiger partial charge in [-0.1, -0.05) is 36.7 Å². The van der Waals surface area contributed by atoms with Crippen molar-refractivity contribution in [1.82, 2.24) is 4.90 Å². The van der Waals surface area contributed by atoms with Gasteiger partial charge in [-0.05, 0) is 60.7 Å². The fraction of sp³-hybridized carbons (Fsp3) is 0.400. The molecule has 2 nitrogen and oxygen atoms in total. The maximum absolute atomic E-state index is 6.15. The first-order valence-electron chi connectivity index (χ1n) is 8.31. The Kier molecular flexibility index (Phi) is 5.24. The third-order valence-corrected chi connectivity index (χ3v) is 4.78. The number of hydrogen-bond donors (Lipinski definition) is 0. The first-order valence-corrected chi connectivity index (χ1v) is 8.68. The smallest absolute Gasteiger partial charge is 0.126 e. The van der Waals surface area contributed by atoms with E-state index in [1.807, 2.05) is 18.2 Å². The number of hydrogen-bond acceptors (Lipinski definition) is 2. The van der Waals surface area contributed by atoms with Crippen molar-refractivity contribution in [2.75, 3.05) is 20.2 Å². The van der Waals surface area contributed by atoms with Gasteiger partial charge in [0.05, 0.1) is 7.11 Å². The minimum absolute atomic E-state index is 0.750. The molecule has 23 heavy (non-hydrogen) atoms. The number of ether oxygens (including phenoxy) is 1. The molecule has 3 heteroatoms. The van der Waals surface area contributed by atoms with Gasteiger partial charge in [0.1, 0.15) is 5.75 Å². The molecule has 2 aromatic rings. The monoisotopic (exact) mass is 329 g/mol. The van der Waals surface area contributed by atoms with E-state index in [2.05, 4.69) is 36.1 Å². The molecule has 0 N–H and O–H groups in total. The summed E-state index contributed by atoms with van der Waals surface area (Å²) in [5.41, 5.74) is 3.54. The molecule has 2 aromatic carbocycles. The molecule has 0 spiro atoms. The molecule has 1 unspecified atom stereocenters. The number of likely N-dealkylation sites (tertiary alicyclic amines) is 1. The van der Waals surface area contributed by atoms with Crippen molar-refractivity contribution in [2.24, 2.45) is 5.92 Å². The van der Waals surface area contributed by atoms with Gasteiger partial charge in [0.25, 0.3) is 0 Å². The number of halogens is 1. The molecule has 3 rings (SSSR count). The van der Waals surface area contributed by atoms with E-state index >= 15 is 0 Å². The highest BCUT2D eigenvalue weighted by molar-refractivity contribution is 6.30. The fourth-order valence-electron chi connectivity index (χ4n) is 3.42. The molecule has 0 amide bonds. The highest BCUT2D eigenvalue weighted by atomic mass is 35.5. The van der Waals surface area contributed by atoms with E-state index in [9.17, 15) is 0 Å². The van der Waals surface area contributed by atoms with Crippen molar-refractivity contribution in [3.8, 4) is 16.9 Å². The Labute approximate surface area is 144 Å². The molecule has 1 heterocycles. The van der Waals surface area contributed by atoms with Crippen LogP contribution in [0, 0.1) is 5.92 Å². The lowest BCUT2D eigenvalue weighted by atomic mass is 9.98. The summed E-state index contributed by atoms with van der Waals surface area (Å²) in [5.74, 6) is 1.69. The van der Waals surface area contributed by atoms with Crippen LogP contribution in [0.15, 0.2) is 42.5 Å². The molecule has 1 atom stereocenters. The molecule has 122 valence electrons. The summed E-state index contributed by atoms with van der Waals surface area (Å²) in [6, 6.07) is 14.4. The lowest BCUT2D eigenvalue weighted by Crippen LogP contribution is -2.33. The highest BCUT2D eigenvalue weighted by Gasteiger charge is 2.17. The van der Waals surface area contributed by atoms with E-state index < -0.39 is 0 Å². The topological polar surface area (TPSA) is 12.5 Å². The predicted molar refractivity (Wildman–Crippen MR) is 97.1 cm³/mol. The summed E-state index contributed by atoms with van der Waals surface area (Å²) in [5, 5.41) is 0.750. The molecule has 0 saturated carbocycles. The first kappa shape index (κ1) is 16.4. The molecule has 0 aromatic heterocycles. The van der Waals surface area contributed by atoms with Gasteiger partial charge in [0, 0.05) is 23.7 Å². The van der Waals surface area contributed by atoms with Crippen LogP contribution in [0.5, 0.6) is 5.75 Å². The van der Waals surface area contributed by atoms with Crippen molar-refractivity contribution < 1.29 is 4.74 Å². The zero-order chi connectivity index (χ0) is 16.2. The van der Waals surface area contributed by atoms with Crippen LogP contribution in [0.1, 0.15) is 25.3 Å². The Morgan fingerprint density at radius 1 is 1.22 bits per heavy atom. The minimum Gasteiger partial charge on any atom is -0.496 e. The summed E-state index contributed by atoms with van der Waals surface area (Å²) in [6.07, 6.45) is 2.66. The van der Waals surface area contributed by atoms with Gasteiger partial charge in [-0.25, -0.2) is 0 Å². The van der Waals surface area contributed by atoms with E-state index in [0.717, 1.165) is 34.4 Å². The van der Waals surface area contributed by atoms with Crippen molar-refractivity contribution >= 4 is 11.6 Å². The molecule has 1 saturated heterocycles. The Bertz CT molecular complexity index is 670. The van der Waals surface area contributed by atoms with Crippen molar-refractivity contribution in [3.05, 3.63) is 53.1 Å². The van der Waals surface area contributed by atoms with E-state index in [4.69, 9.17) is 16.3 Å². The van der Waals surface area contributed by atoms with Crippen LogP contribution in [0.2, 0.25) is 5.02 Å². The second-order valence-corrected chi connectivity index (χ2v) is 6.96. The number of rotatable bonds is 4. The van der Waals surface area contributed by atoms with Gasteiger partial charge in [-0.3, -0.25) is 4.90 Å². The lowest BCUT2D eigenvalue weighted by Gasteiger charge is -2.31. The Hall–Kier alpha value is -1.51. The molecule has 0 bridgehead atoms. The minimum atomic E-state index is 0.750. The van der Waals surface area contributed by atoms with Crippen LogP contribution in [0.25, 0.3) is 11.1 Å². The molecule has 1 fully saturated rings. The highest BCUT2D eigenvalue weighted by Crippen LogP contribution is 2.33. The number of benzene rings is 2. The molecule has 1 aliphatic heterocycles. The molecule has 0 aliphatic carbocycles. The van der Waals surface area contributed by atoms with Gasteiger partial charge < -0.3 is 4.74 Å². The van der Waals surface area contributed by atoms with Gasteiger partial charge in [-0.15, -0.1) is 0 Å². The van der Waals surface area contributed by atoms with Gasteiger partial charge in [0.2, 0.25) is 0 Å². The molecular weight excluding hydrogens is 306 g/mol. The first-order chi connectivity index (χ1) is 11.2. The fourth-order valence-corrected chi connectivity index (χ4v) is 3.61. The van der Waals surface area contributed by atoms with Crippen LogP contribution in [0.3, 0.4) is 0 Å². The van der Waals surface area contributed by atoms with Gasteiger partial charge in [0.15, 0.2) is 0 Å². The van der Waals surface area contributed by atoms with E-state index in [1.165, 1.54) is 31.5 Å². The summed E-state index contributed by atoms with van der Waals surface area (Å²) < 4.78 is 5.54. The Balaban J connectivity index is 1.87. The summed E-state index contributed by atoms with van der Waals surface area (Å²) in [7, 11) is 1.72. The van der Waals surface area contributed by atoms with Crippen LogP contribution in [-0.2, 0) is 6.54 Å². The average Bonchev–Trinajstić information content (AvgIpc) is 2.55. The average molecular weight is 330 g/mol. The van der Waals surface area contributed by atoms with E-state index in [-0.39, 0.29) is 0 Å². The second-order valence-electron chi connectivity index (χ2n) is 6.53. The summed E-state index contributed by atoms with van der Waals surface area (Å²) >= 11 is 6.15. The lowest BCUT2D eigenvalue weighted by molar-refractivity contribution is 0.176. The van der Waals surface area contributed by atoms with Crippen molar-refractivity contribution in [1.29, 1.82) is 0 Å². The molecular formula is C20H24ClNO. The maximum Gasteiger partial charge on any atom is 0.126 e. The van der Waals surface area contributed by atoms with E-state index in [0.29, 0.717) is 0 Å². The van der Waals surface area contributed by atoms with E-state index in [1.54, 1.807) is 7.11 Å².